The highest BCUT2D eigenvalue weighted by Gasteiger charge is 2.34. The van der Waals surface area contributed by atoms with Crippen LogP contribution in [0.1, 0.15) is 37.5 Å². The summed E-state index contributed by atoms with van der Waals surface area (Å²) in [5.74, 6) is 1.19. The molecule has 1 N–H and O–H groups in total. The molecule has 0 radical (unpaired) electrons. The number of aromatic amines is 1. The summed E-state index contributed by atoms with van der Waals surface area (Å²) in [7, 11) is 0. The van der Waals surface area contributed by atoms with Crippen molar-refractivity contribution in [2.75, 3.05) is 11.4 Å². The molecule has 34 heavy (non-hydrogen) atoms. The van der Waals surface area contributed by atoms with E-state index in [2.05, 4.69) is 25.9 Å². The van der Waals surface area contributed by atoms with Gasteiger partial charge in [-0.1, -0.05) is 29.8 Å². The molecule has 1 aliphatic carbocycles. The van der Waals surface area contributed by atoms with Gasteiger partial charge >= 0.3 is 0 Å². The highest BCUT2D eigenvalue weighted by atomic mass is 35.5. The van der Waals surface area contributed by atoms with Crippen LogP contribution in [0.2, 0.25) is 5.02 Å². The standard InChI is InChI=1S/C25H21ClN6O2/c26-16-8-4-9-17-20(16)25(34)32(15-6-2-1-3-7-15)23(30-17)18-10-5-13-31(18)24-21-19(33)11-12-27-22(21)28-14-29-24/h1-2,4,6,8-9,11-12,14,18H,3,5,7,10,13H2,(H,27,28,29,33). The normalized spacial score (nSPS) is 18.1. The van der Waals surface area contributed by atoms with E-state index in [1.54, 1.807) is 22.9 Å². The molecule has 170 valence electrons. The van der Waals surface area contributed by atoms with Crippen molar-refractivity contribution < 1.29 is 0 Å². The number of halogens is 1. The zero-order chi connectivity index (χ0) is 23.2. The lowest BCUT2D eigenvalue weighted by atomic mass is 10.1. The maximum Gasteiger partial charge on any atom is 0.267 e. The van der Waals surface area contributed by atoms with Crippen molar-refractivity contribution in [1.82, 2.24) is 24.5 Å². The monoisotopic (exact) mass is 472 g/mol. The van der Waals surface area contributed by atoms with Crippen LogP contribution in [0.15, 0.2) is 64.6 Å². The highest BCUT2D eigenvalue weighted by Crippen LogP contribution is 2.37. The molecular formula is C25H21ClN6O2. The minimum atomic E-state index is -0.236. The van der Waals surface area contributed by atoms with Gasteiger partial charge in [0.1, 0.15) is 29.0 Å². The second-order valence-electron chi connectivity index (χ2n) is 8.48. The van der Waals surface area contributed by atoms with Gasteiger partial charge in [0.25, 0.3) is 5.56 Å². The van der Waals surface area contributed by atoms with Gasteiger partial charge < -0.3 is 9.88 Å². The number of fused-ring (bicyclic) bond motifs is 2. The first-order valence-electron chi connectivity index (χ1n) is 11.3. The number of anilines is 1. The second-order valence-corrected chi connectivity index (χ2v) is 8.89. The fourth-order valence-electron chi connectivity index (χ4n) is 4.98. The molecule has 0 spiro atoms. The van der Waals surface area contributed by atoms with Crippen molar-refractivity contribution in [2.45, 2.75) is 31.7 Å². The predicted octanol–water partition coefficient (Wildman–Crippen LogP) is 4.21. The van der Waals surface area contributed by atoms with Crippen molar-refractivity contribution in [1.29, 1.82) is 0 Å². The Morgan fingerprint density at radius 1 is 1.12 bits per heavy atom. The lowest BCUT2D eigenvalue weighted by Gasteiger charge is -2.29. The molecule has 0 saturated carbocycles. The van der Waals surface area contributed by atoms with Crippen LogP contribution in [-0.2, 0) is 0 Å². The van der Waals surface area contributed by atoms with Crippen LogP contribution in [0.25, 0.3) is 27.6 Å². The van der Waals surface area contributed by atoms with Crippen molar-refractivity contribution in [3.63, 3.8) is 0 Å². The van der Waals surface area contributed by atoms with E-state index in [9.17, 15) is 9.59 Å². The minimum absolute atomic E-state index is 0.147. The van der Waals surface area contributed by atoms with Crippen LogP contribution >= 0.6 is 11.6 Å². The van der Waals surface area contributed by atoms with E-state index in [0.717, 1.165) is 31.4 Å². The Labute approximate surface area is 199 Å². The maximum atomic E-state index is 13.8. The number of rotatable bonds is 3. The summed E-state index contributed by atoms with van der Waals surface area (Å²) < 4.78 is 1.72. The smallest absolute Gasteiger partial charge is 0.267 e. The molecule has 2 aliphatic rings. The van der Waals surface area contributed by atoms with Gasteiger partial charge in [0, 0.05) is 24.5 Å². The molecule has 4 aromatic rings. The van der Waals surface area contributed by atoms with E-state index in [1.807, 2.05) is 18.2 Å². The summed E-state index contributed by atoms with van der Waals surface area (Å²) in [4.78, 5) is 45.4. The van der Waals surface area contributed by atoms with Crippen LogP contribution < -0.4 is 15.9 Å². The Kier molecular flexibility index (Phi) is 5.03. The van der Waals surface area contributed by atoms with E-state index in [4.69, 9.17) is 16.6 Å². The Hall–Kier alpha value is -3.78. The molecule has 6 rings (SSSR count). The number of nitrogens with one attached hydrogen (secondary N) is 1. The number of pyridine rings is 1. The fourth-order valence-corrected chi connectivity index (χ4v) is 5.23. The number of benzene rings is 1. The van der Waals surface area contributed by atoms with Crippen molar-refractivity contribution >= 4 is 45.1 Å². The van der Waals surface area contributed by atoms with E-state index < -0.39 is 0 Å². The van der Waals surface area contributed by atoms with Crippen LogP contribution in [0, 0.1) is 0 Å². The van der Waals surface area contributed by atoms with Crippen molar-refractivity contribution in [3.05, 3.63) is 86.4 Å². The van der Waals surface area contributed by atoms with Gasteiger partial charge in [-0.2, -0.15) is 0 Å². The average molecular weight is 473 g/mol. The van der Waals surface area contributed by atoms with Crippen LogP contribution in [0.5, 0.6) is 0 Å². The van der Waals surface area contributed by atoms with Gasteiger partial charge in [-0.05, 0) is 43.9 Å². The Balaban J connectivity index is 1.61. The number of hydrogen-bond donors (Lipinski definition) is 1. The quantitative estimate of drug-likeness (QED) is 0.479. The molecule has 4 heterocycles. The van der Waals surface area contributed by atoms with E-state index in [-0.39, 0.29) is 17.0 Å². The first-order chi connectivity index (χ1) is 16.6. The molecule has 1 atom stereocenters. The molecule has 3 aromatic heterocycles. The summed E-state index contributed by atoms with van der Waals surface area (Å²) in [6, 6.07) is 6.58. The summed E-state index contributed by atoms with van der Waals surface area (Å²) in [5, 5.41) is 1.24. The molecule has 1 fully saturated rings. The maximum absolute atomic E-state index is 13.8. The number of allylic oxidation sites excluding steroid dienone is 4. The van der Waals surface area contributed by atoms with E-state index in [0.29, 0.717) is 45.1 Å². The first kappa shape index (κ1) is 20.8. The Morgan fingerprint density at radius 3 is 2.88 bits per heavy atom. The van der Waals surface area contributed by atoms with Crippen LogP contribution in [0.3, 0.4) is 0 Å². The number of aromatic nitrogens is 5. The lowest BCUT2D eigenvalue weighted by molar-refractivity contribution is 0.632. The molecule has 1 saturated heterocycles. The van der Waals surface area contributed by atoms with E-state index >= 15 is 0 Å². The summed E-state index contributed by atoms with van der Waals surface area (Å²) >= 11 is 6.44. The highest BCUT2D eigenvalue weighted by molar-refractivity contribution is 6.35. The van der Waals surface area contributed by atoms with Gasteiger partial charge in [0.05, 0.1) is 22.0 Å². The second kappa shape index (κ2) is 8.22. The Bertz CT molecular complexity index is 1610. The molecule has 1 aliphatic heterocycles. The van der Waals surface area contributed by atoms with Crippen LogP contribution in [0.4, 0.5) is 5.82 Å². The van der Waals surface area contributed by atoms with Crippen molar-refractivity contribution in [2.24, 2.45) is 0 Å². The number of H-pyrrole nitrogens is 1. The van der Waals surface area contributed by atoms with Gasteiger partial charge in [0.15, 0.2) is 5.43 Å². The topological polar surface area (TPSA) is 96.8 Å². The summed E-state index contributed by atoms with van der Waals surface area (Å²) in [5.41, 5.74) is 1.61. The van der Waals surface area contributed by atoms with Crippen LogP contribution in [-0.4, -0.2) is 31.0 Å². The summed E-state index contributed by atoms with van der Waals surface area (Å²) in [6.45, 7) is 0.688. The lowest BCUT2D eigenvalue weighted by Crippen LogP contribution is -2.33. The molecule has 1 unspecified atom stereocenters. The van der Waals surface area contributed by atoms with Gasteiger partial charge in [-0.15, -0.1) is 0 Å². The molecule has 0 amide bonds. The average Bonchev–Trinajstić information content (AvgIpc) is 3.34. The molecule has 8 nitrogen and oxygen atoms in total. The number of hydrogen-bond acceptors (Lipinski definition) is 6. The Morgan fingerprint density at radius 2 is 2.03 bits per heavy atom. The summed E-state index contributed by atoms with van der Waals surface area (Å²) in [6.07, 6.45) is 12.3. The molecule has 9 heteroatoms. The molecule has 0 bridgehead atoms. The van der Waals surface area contributed by atoms with Gasteiger partial charge in [-0.3, -0.25) is 14.2 Å². The zero-order valence-corrected chi connectivity index (χ0v) is 19.0. The van der Waals surface area contributed by atoms with Crippen molar-refractivity contribution in [3.8, 4) is 0 Å². The van der Waals surface area contributed by atoms with E-state index in [1.165, 1.54) is 12.4 Å². The third-order valence-electron chi connectivity index (χ3n) is 6.50. The third-order valence-corrected chi connectivity index (χ3v) is 6.82. The SMILES string of the molecule is O=c1cc[nH]c2ncnc(N3CCCC3c3nc4cccc(Cl)c4c(=O)n3C3=CC=CCC3)c12. The fraction of sp³-hybridized carbons (Fsp3) is 0.240. The zero-order valence-electron chi connectivity index (χ0n) is 18.2. The first-order valence-corrected chi connectivity index (χ1v) is 11.7. The predicted molar refractivity (Wildman–Crippen MR) is 133 cm³/mol. The number of nitrogens with zero attached hydrogens (tertiary/aromatic N) is 5. The largest absolute Gasteiger partial charge is 0.346 e. The van der Waals surface area contributed by atoms with Gasteiger partial charge in [0.2, 0.25) is 0 Å². The molecular weight excluding hydrogens is 452 g/mol. The van der Waals surface area contributed by atoms with Gasteiger partial charge in [-0.25, -0.2) is 15.0 Å². The molecule has 1 aromatic carbocycles. The third kappa shape index (κ3) is 3.25. The minimum Gasteiger partial charge on any atom is -0.346 e.